The van der Waals surface area contributed by atoms with Crippen molar-refractivity contribution < 1.29 is 14.3 Å². The molecular formula is C14H16BrNO3. The Hall–Kier alpha value is -1.36. The summed E-state index contributed by atoms with van der Waals surface area (Å²) in [7, 11) is 0. The van der Waals surface area contributed by atoms with Crippen molar-refractivity contribution in [3.63, 3.8) is 0 Å². The number of imide groups is 1. The van der Waals surface area contributed by atoms with Crippen LogP contribution in [0.3, 0.4) is 0 Å². The summed E-state index contributed by atoms with van der Waals surface area (Å²) in [5.41, 5.74) is 1.40. The van der Waals surface area contributed by atoms with Crippen molar-refractivity contribution in [2.24, 2.45) is 5.92 Å². The first-order valence-electron chi connectivity index (χ1n) is 6.24. The van der Waals surface area contributed by atoms with Gasteiger partial charge >= 0.3 is 6.09 Å². The normalized spacial score (nSPS) is 21.7. The Balaban J connectivity index is 2.56. The summed E-state index contributed by atoms with van der Waals surface area (Å²) < 4.78 is 4.11. The van der Waals surface area contributed by atoms with E-state index in [4.69, 9.17) is 4.74 Å². The molecule has 1 aliphatic rings. The van der Waals surface area contributed by atoms with Crippen LogP contribution in [0.4, 0.5) is 10.5 Å². The third-order valence-corrected chi connectivity index (χ3v) is 4.98. The van der Waals surface area contributed by atoms with Crippen molar-refractivity contribution in [1.29, 1.82) is 0 Å². The van der Waals surface area contributed by atoms with Crippen LogP contribution in [-0.4, -0.2) is 18.6 Å². The van der Waals surface area contributed by atoms with E-state index in [9.17, 15) is 9.59 Å². The molecule has 4 nitrogen and oxygen atoms in total. The first-order chi connectivity index (χ1) is 8.94. The summed E-state index contributed by atoms with van der Waals surface area (Å²) in [4.78, 5) is 25.7. The number of amides is 2. The topological polar surface area (TPSA) is 46.6 Å². The van der Waals surface area contributed by atoms with Gasteiger partial charge in [0.1, 0.15) is 4.32 Å². The second kappa shape index (κ2) is 4.96. The number of para-hydroxylation sites is 1. The second-order valence-electron chi connectivity index (χ2n) is 4.72. The standard InChI is InChI=1S/C14H16BrNO3/c1-4-19-13(18)16-11-8-6-5-7-10(11)14(15,9(2)3)12(16)17/h5-9H,4H2,1-3H3. The lowest BCUT2D eigenvalue weighted by atomic mass is 9.89. The lowest BCUT2D eigenvalue weighted by Gasteiger charge is -2.25. The number of hydrogen-bond donors (Lipinski definition) is 0. The highest BCUT2D eigenvalue weighted by atomic mass is 79.9. The first-order valence-corrected chi connectivity index (χ1v) is 7.03. The number of fused-ring (bicyclic) bond motifs is 1. The van der Waals surface area contributed by atoms with E-state index in [1.165, 1.54) is 0 Å². The molecule has 2 rings (SSSR count). The van der Waals surface area contributed by atoms with Crippen molar-refractivity contribution in [3.8, 4) is 0 Å². The number of benzene rings is 1. The van der Waals surface area contributed by atoms with Gasteiger partial charge in [-0.05, 0) is 18.9 Å². The van der Waals surface area contributed by atoms with Crippen LogP contribution >= 0.6 is 15.9 Å². The van der Waals surface area contributed by atoms with E-state index in [0.29, 0.717) is 5.69 Å². The van der Waals surface area contributed by atoms with E-state index >= 15 is 0 Å². The molecule has 0 radical (unpaired) electrons. The monoisotopic (exact) mass is 325 g/mol. The Kier molecular flexibility index (Phi) is 3.67. The summed E-state index contributed by atoms with van der Waals surface area (Å²) in [5.74, 6) is -0.275. The predicted molar refractivity (Wildman–Crippen MR) is 76.4 cm³/mol. The molecule has 19 heavy (non-hydrogen) atoms. The fourth-order valence-electron chi connectivity index (χ4n) is 2.29. The average Bonchev–Trinajstić information content (AvgIpc) is 2.61. The Morgan fingerprint density at radius 2 is 2.05 bits per heavy atom. The minimum Gasteiger partial charge on any atom is -0.449 e. The molecular weight excluding hydrogens is 310 g/mol. The Bertz CT molecular complexity index is 529. The molecule has 102 valence electrons. The molecule has 1 aromatic carbocycles. The van der Waals surface area contributed by atoms with Gasteiger partial charge in [0.2, 0.25) is 0 Å². The minimum atomic E-state index is -0.865. The van der Waals surface area contributed by atoms with Gasteiger partial charge in [-0.1, -0.05) is 48.0 Å². The fourth-order valence-corrected chi connectivity index (χ4v) is 2.80. The molecule has 0 aliphatic carbocycles. The van der Waals surface area contributed by atoms with E-state index in [-0.39, 0.29) is 18.4 Å². The van der Waals surface area contributed by atoms with Crippen molar-refractivity contribution in [2.45, 2.75) is 25.1 Å². The fraction of sp³-hybridized carbons (Fsp3) is 0.429. The smallest absolute Gasteiger partial charge is 0.421 e. The van der Waals surface area contributed by atoms with Crippen LogP contribution < -0.4 is 4.90 Å². The van der Waals surface area contributed by atoms with Gasteiger partial charge in [-0.3, -0.25) is 4.79 Å². The van der Waals surface area contributed by atoms with E-state index in [1.54, 1.807) is 19.1 Å². The number of alkyl halides is 1. The molecule has 0 saturated carbocycles. The summed E-state index contributed by atoms with van der Waals surface area (Å²) in [6.07, 6.45) is -0.623. The molecule has 1 aliphatic heterocycles. The van der Waals surface area contributed by atoms with Gasteiger partial charge in [0.15, 0.2) is 0 Å². The molecule has 0 bridgehead atoms. The number of ether oxygens (including phenoxy) is 1. The van der Waals surface area contributed by atoms with Crippen molar-refractivity contribution in [1.82, 2.24) is 0 Å². The maximum absolute atomic E-state index is 12.6. The van der Waals surface area contributed by atoms with Crippen LogP contribution in [0.2, 0.25) is 0 Å². The molecule has 1 unspecified atom stereocenters. The summed E-state index contributed by atoms with van der Waals surface area (Å²) in [5, 5.41) is 0. The lowest BCUT2D eigenvalue weighted by molar-refractivity contribution is -0.120. The Labute approximate surface area is 120 Å². The van der Waals surface area contributed by atoms with Crippen LogP contribution in [0.5, 0.6) is 0 Å². The second-order valence-corrected chi connectivity index (χ2v) is 5.97. The minimum absolute atomic E-state index is 0.0144. The van der Waals surface area contributed by atoms with Gasteiger partial charge < -0.3 is 4.74 Å². The molecule has 1 aromatic rings. The number of hydrogen-bond acceptors (Lipinski definition) is 3. The molecule has 0 spiro atoms. The molecule has 0 aromatic heterocycles. The number of nitrogens with zero attached hydrogens (tertiary/aromatic N) is 1. The van der Waals surface area contributed by atoms with Crippen LogP contribution in [0.1, 0.15) is 26.3 Å². The summed E-state index contributed by atoms with van der Waals surface area (Å²) in [6.45, 7) is 5.84. The zero-order valence-corrected chi connectivity index (χ0v) is 12.7. The summed E-state index contributed by atoms with van der Waals surface area (Å²) >= 11 is 3.54. The highest BCUT2D eigenvalue weighted by molar-refractivity contribution is 9.10. The average molecular weight is 326 g/mol. The third kappa shape index (κ3) is 1.96. The quantitative estimate of drug-likeness (QED) is 0.782. The van der Waals surface area contributed by atoms with Crippen LogP contribution in [0, 0.1) is 5.92 Å². The molecule has 0 saturated heterocycles. The molecule has 5 heteroatoms. The van der Waals surface area contributed by atoms with E-state index in [2.05, 4.69) is 15.9 Å². The SMILES string of the molecule is CCOC(=O)N1C(=O)C(Br)(C(C)C)c2ccccc21. The zero-order valence-electron chi connectivity index (χ0n) is 11.1. The molecule has 0 fully saturated rings. The lowest BCUT2D eigenvalue weighted by Crippen LogP contribution is -2.42. The van der Waals surface area contributed by atoms with Crippen molar-refractivity contribution in [2.75, 3.05) is 11.5 Å². The first kappa shape index (κ1) is 14.1. The number of halogens is 1. The van der Waals surface area contributed by atoms with Crippen LogP contribution in [-0.2, 0) is 13.9 Å². The molecule has 1 atom stereocenters. The van der Waals surface area contributed by atoms with Gasteiger partial charge in [0.05, 0.1) is 12.3 Å². The van der Waals surface area contributed by atoms with Crippen LogP contribution in [0.15, 0.2) is 24.3 Å². The maximum atomic E-state index is 12.6. The maximum Gasteiger partial charge on any atom is 0.421 e. The molecule has 2 amide bonds. The highest BCUT2D eigenvalue weighted by Gasteiger charge is 2.53. The highest BCUT2D eigenvalue weighted by Crippen LogP contribution is 2.50. The van der Waals surface area contributed by atoms with Gasteiger partial charge in [0.25, 0.3) is 5.91 Å². The van der Waals surface area contributed by atoms with Gasteiger partial charge in [-0.15, -0.1) is 0 Å². The van der Waals surface area contributed by atoms with Crippen molar-refractivity contribution >= 4 is 33.6 Å². The van der Waals surface area contributed by atoms with Crippen molar-refractivity contribution in [3.05, 3.63) is 29.8 Å². The predicted octanol–water partition coefficient (Wildman–Crippen LogP) is 3.44. The van der Waals surface area contributed by atoms with Gasteiger partial charge in [-0.25, -0.2) is 9.69 Å². The van der Waals surface area contributed by atoms with E-state index in [1.807, 2.05) is 26.0 Å². The Morgan fingerprint density at radius 1 is 1.42 bits per heavy atom. The largest absolute Gasteiger partial charge is 0.449 e. The third-order valence-electron chi connectivity index (χ3n) is 3.30. The number of carbonyl (C=O) groups is 2. The number of rotatable bonds is 2. The summed E-state index contributed by atoms with van der Waals surface area (Å²) in [6, 6.07) is 7.29. The van der Waals surface area contributed by atoms with E-state index < -0.39 is 10.4 Å². The van der Waals surface area contributed by atoms with E-state index in [0.717, 1.165) is 10.5 Å². The number of anilines is 1. The van der Waals surface area contributed by atoms with Gasteiger partial charge in [-0.2, -0.15) is 0 Å². The van der Waals surface area contributed by atoms with Gasteiger partial charge in [0, 0.05) is 5.56 Å². The Morgan fingerprint density at radius 3 is 2.63 bits per heavy atom. The zero-order chi connectivity index (χ0) is 14.2. The molecule has 1 heterocycles. The van der Waals surface area contributed by atoms with Crippen LogP contribution in [0.25, 0.3) is 0 Å². The molecule has 0 N–H and O–H groups in total. The number of carbonyl (C=O) groups excluding carboxylic acids is 2.